The van der Waals surface area contributed by atoms with Crippen LogP contribution in [0.15, 0.2) is 17.0 Å². The minimum absolute atomic E-state index is 0.183. The lowest BCUT2D eigenvalue weighted by molar-refractivity contribution is 0.228. The zero-order valence-electron chi connectivity index (χ0n) is 11.2. The van der Waals surface area contributed by atoms with Crippen LogP contribution in [0, 0.1) is 17.7 Å². The highest BCUT2D eigenvalue weighted by molar-refractivity contribution is 7.89. The van der Waals surface area contributed by atoms with Crippen molar-refractivity contribution in [1.29, 1.82) is 0 Å². The van der Waals surface area contributed by atoms with Crippen LogP contribution in [0.4, 0.5) is 4.39 Å². The van der Waals surface area contributed by atoms with Gasteiger partial charge in [0.25, 0.3) is 0 Å². The van der Waals surface area contributed by atoms with Gasteiger partial charge in [-0.2, -0.15) is 4.31 Å². The van der Waals surface area contributed by atoms with Crippen LogP contribution in [0.5, 0.6) is 0 Å². The van der Waals surface area contributed by atoms with Gasteiger partial charge in [-0.15, -0.1) is 0 Å². The number of fused-ring (bicyclic) bond motifs is 1. The molecule has 3 rings (SSSR count). The third-order valence-electron chi connectivity index (χ3n) is 4.28. The maximum atomic E-state index is 13.7. The SMILES string of the molecule is O=S(=O)(c1ccc(Cl)c(F)c1Cl)N1CCC2CNCC2C1. The van der Waals surface area contributed by atoms with Crippen LogP contribution in [0.25, 0.3) is 0 Å². The molecule has 0 radical (unpaired) electrons. The number of benzene rings is 1. The standard InChI is InChI=1S/C13H15Cl2FN2O2S/c14-10-1-2-11(12(15)13(10)16)21(19,20)18-4-3-8-5-17-6-9(8)7-18/h1-2,8-9,17H,3-7H2. The lowest BCUT2D eigenvalue weighted by atomic mass is 9.90. The van der Waals surface area contributed by atoms with E-state index in [2.05, 4.69) is 5.32 Å². The van der Waals surface area contributed by atoms with Crippen molar-refractivity contribution in [2.24, 2.45) is 11.8 Å². The molecule has 116 valence electrons. The Bertz CT molecular complexity index is 668. The Morgan fingerprint density at radius 1 is 1.24 bits per heavy atom. The predicted molar refractivity (Wildman–Crippen MR) is 79.6 cm³/mol. The largest absolute Gasteiger partial charge is 0.316 e. The van der Waals surface area contributed by atoms with Crippen molar-refractivity contribution in [3.8, 4) is 0 Å². The Morgan fingerprint density at radius 3 is 2.71 bits per heavy atom. The number of rotatable bonds is 2. The molecule has 1 aromatic carbocycles. The van der Waals surface area contributed by atoms with Gasteiger partial charge in [0.05, 0.1) is 10.0 Å². The lowest BCUT2D eigenvalue weighted by Gasteiger charge is -2.33. The van der Waals surface area contributed by atoms with Crippen LogP contribution < -0.4 is 5.32 Å². The molecular weight excluding hydrogens is 338 g/mol. The molecule has 2 saturated heterocycles. The molecule has 0 bridgehead atoms. The molecule has 1 aromatic rings. The Balaban J connectivity index is 1.92. The van der Waals surface area contributed by atoms with Crippen molar-refractivity contribution in [3.63, 3.8) is 0 Å². The van der Waals surface area contributed by atoms with E-state index in [9.17, 15) is 12.8 Å². The van der Waals surface area contributed by atoms with Crippen LogP contribution in [-0.2, 0) is 10.0 Å². The first-order valence-electron chi connectivity index (χ1n) is 6.75. The van der Waals surface area contributed by atoms with Gasteiger partial charge in [0, 0.05) is 13.1 Å². The van der Waals surface area contributed by atoms with Gasteiger partial charge in [-0.05, 0) is 43.5 Å². The van der Waals surface area contributed by atoms with Gasteiger partial charge in [0.1, 0.15) is 4.90 Å². The molecule has 0 spiro atoms. The highest BCUT2D eigenvalue weighted by Crippen LogP contribution is 2.34. The summed E-state index contributed by atoms with van der Waals surface area (Å²) >= 11 is 11.5. The fourth-order valence-electron chi connectivity index (χ4n) is 3.07. The van der Waals surface area contributed by atoms with Crippen molar-refractivity contribution < 1.29 is 12.8 Å². The topological polar surface area (TPSA) is 49.4 Å². The number of sulfonamides is 1. The fourth-order valence-corrected chi connectivity index (χ4v) is 5.30. The first-order valence-corrected chi connectivity index (χ1v) is 8.95. The van der Waals surface area contributed by atoms with Crippen LogP contribution in [-0.4, -0.2) is 38.9 Å². The molecule has 1 N–H and O–H groups in total. The zero-order chi connectivity index (χ0) is 15.2. The minimum Gasteiger partial charge on any atom is -0.316 e. The molecular formula is C13H15Cl2FN2O2S. The zero-order valence-corrected chi connectivity index (χ0v) is 13.5. The average Bonchev–Trinajstić information content (AvgIpc) is 2.92. The molecule has 8 heteroatoms. The molecule has 2 unspecified atom stereocenters. The maximum Gasteiger partial charge on any atom is 0.244 e. The Labute approximate surface area is 133 Å². The average molecular weight is 353 g/mol. The number of halogens is 3. The normalized spacial score (nSPS) is 26.8. The second-order valence-corrected chi connectivity index (χ2v) is 8.20. The van der Waals surface area contributed by atoms with Gasteiger partial charge in [0.2, 0.25) is 10.0 Å². The summed E-state index contributed by atoms with van der Waals surface area (Å²) in [5, 5.41) is 2.66. The number of piperidine rings is 1. The van der Waals surface area contributed by atoms with Gasteiger partial charge in [-0.25, -0.2) is 12.8 Å². The van der Waals surface area contributed by atoms with E-state index in [0.717, 1.165) is 19.5 Å². The summed E-state index contributed by atoms with van der Waals surface area (Å²) in [6, 6.07) is 2.49. The fraction of sp³-hybridized carbons (Fsp3) is 0.538. The lowest BCUT2D eigenvalue weighted by Crippen LogP contribution is -2.43. The molecule has 2 aliphatic rings. The summed E-state index contributed by atoms with van der Waals surface area (Å²) in [6.07, 6.45) is 0.810. The third kappa shape index (κ3) is 2.68. The molecule has 2 aliphatic heterocycles. The van der Waals surface area contributed by atoms with Crippen LogP contribution >= 0.6 is 23.2 Å². The second-order valence-electron chi connectivity index (χ2n) is 5.50. The van der Waals surface area contributed by atoms with E-state index in [1.54, 1.807) is 0 Å². The summed E-state index contributed by atoms with van der Waals surface area (Å²) in [7, 11) is -3.80. The van der Waals surface area contributed by atoms with E-state index in [-0.39, 0.29) is 9.92 Å². The van der Waals surface area contributed by atoms with Crippen LogP contribution in [0.1, 0.15) is 6.42 Å². The molecule has 2 heterocycles. The predicted octanol–water partition coefficient (Wildman–Crippen LogP) is 2.36. The highest BCUT2D eigenvalue weighted by atomic mass is 35.5. The summed E-state index contributed by atoms with van der Waals surface area (Å²) in [5.41, 5.74) is 0. The molecule has 2 atom stereocenters. The van der Waals surface area contributed by atoms with Gasteiger partial charge >= 0.3 is 0 Å². The van der Waals surface area contributed by atoms with E-state index in [0.29, 0.717) is 24.9 Å². The summed E-state index contributed by atoms with van der Waals surface area (Å²) in [6.45, 7) is 2.64. The van der Waals surface area contributed by atoms with Crippen molar-refractivity contribution in [2.45, 2.75) is 11.3 Å². The molecule has 21 heavy (non-hydrogen) atoms. The number of nitrogens with zero attached hydrogens (tertiary/aromatic N) is 1. The van der Waals surface area contributed by atoms with Crippen molar-refractivity contribution in [3.05, 3.63) is 28.0 Å². The Morgan fingerprint density at radius 2 is 1.95 bits per heavy atom. The number of hydrogen-bond donors (Lipinski definition) is 1. The maximum absolute atomic E-state index is 13.7. The van der Waals surface area contributed by atoms with Crippen LogP contribution in [0.3, 0.4) is 0 Å². The summed E-state index contributed by atoms with van der Waals surface area (Å²) in [4.78, 5) is -0.213. The molecule has 0 aromatic heterocycles. The molecule has 0 saturated carbocycles. The summed E-state index contributed by atoms with van der Waals surface area (Å²) < 4.78 is 40.5. The smallest absolute Gasteiger partial charge is 0.244 e. The quantitative estimate of drug-likeness (QED) is 0.831. The minimum atomic E-state index is -3.80. The molecule has 0 aliphatic carbocycles. The first kappa shape index (κ1) is 15.5. The van der Waals surface area contributed by atoms with Gasteiger partial charge in [0.15, 0.2) is 5.82 Å². The van der Waals surface area contributed by atoms with E-state index in [1.807, 2.05) is 0 Å². The first-order chi connectivity index (χ1) is 9.91. The molecule has 4 nitrogen and oxygen atoms in total. The van der Waals surface area contributed by atoms with E-state index in [4.69, 9.17) is 23.2 Å². The number of nitrogens with one attached hydrogen (secondary N) is 1. The van der Waals surface area contributed by atoms with Crippen molar-refractivity contribution in [1.82, 2.24) is 9.62 Å². The highest BCUT2D eigenvalue weighted by Gasteiger charge is 2.38. The van der Waals surface area contributed by atoms with Crippen molar-refractivity contribution >= 4 is 33.2 Å². The van der Waals surface area contributed by atoms with Crippen molar-refractivity contribution in [2.75, 3.05) is 26.2 Å². The summed E-state index contributed by atoms with van der Waals surface area (Å²) in [5.74, 6) is -0.0600. The Kier molecular flexibility index (Phi) is 4.18. The van der Waals surface area contributed by atoms with Crippen LogP contribution in [0.2, 0.25) is 10.0 Å². The Hall–Kier alpha value is -0.400. The van der Waals surface area contributed by atoms with E-state index < -0.39 is 20.9 Å². The monoisotopic (exact) mass is 352 g/mol. The second kappa shape index (κ2) is 5.66. The molecule has 2 fully saturated rings. The van der Waals surface area contributed by atoms with Gasteiger partial charge in [-0.3, -0.25) is 0 Å². The van der Waals surface area contributed by atoms with Gasteiger partial charge < -0.3 is 5.32 Å². The number of hydrogen-bond acceptors (Lipinski definition) is 3. The van der Waals surface area contributed by atoms with E-state index >= 15 is 0 Å². The molecule has 0 amide bonds. The van der Waals surface area contributed by atoms with E-state index in [1.165, 1.54) is 16.4 Å². The van der Waals surface area contributed by atoms with Gasteiger partial charge in [-0.1, -0.05) is 23.2 Å². The third-order valence-corrected chi connectivity index (χ3v) is 6.97.